The van der Waals surface area contributed by atoms with Crippen molar-refractivity contribution in [1.82, 2.24) is 0 Å². The third kappa shape index (κ3) is 6.12. The number of carbonyl (C=O) groups is 1. The van der Waals surface area contributed by atoms with Gasteiger partial charge >= 0.3 is 16.2 Å². The molecule has 0 atom stereocenters. The first-order chi connectivity index (χ1) is 11.8. The molecule has 0 heterocycles. The van der Waals surface area contributed by atoms with Gasteiger partial charge in [-0.05, 0) is 36.8 Å². The van der Waals surface area contributed by atoms with Crippen LogP contribution in [0.2, 0.25) is 10.0 Å². The van der Waals surface area contributed by atoms with Crippen molar-refractivity contribution in [3.63, 3.8) is 0 Å². The fourth-order valence-electron chi connectivity index (χ4n) is 1.92. The highest BCUT2D eigenvalue weighted by Crippen LogP contribution is 2.25. The second-order valence-corrected chi connectivity index (χ2v) is 7.29. The van der Waals surface area contributed by atoms with E-state index in [0.717, 1.165) is 0 Å². The van der Waals surface area contributed by atoms with Crippen LogP contribution in [0.1, 0.15) is 12.5 Å². The number of anilines is 1. The minimum atomic E-state index is -3.92. The van der Waals surface area contributed by atoms with Crippen LogP contribution in [0.5, 0.6) is 5.75 Å². The van der Waals surface area contributed by atoms with Crippen molar-refractivity contribution < 1.29 is 22.1 Å². The molecule has 0 saturated carbocycles. The zero-order valence-electron chi connectivity index (χ0n) is 13.2. The Morgan fingerprint density at radius 2 is 1.88 bits per heavy atom. The minimum absolute atomic E-state index is 0.0642. The highest BCUT2D eigenvalue weighted by Gasteiger charge is 2.16. The molecule has 0 aliphatic carbocycles. The van der Waals surface area contributed by atoms with Gasteiger partial charge in [-0.1, -0.05) is 35.3 Å². The Morgan fingerprint density at radius 3 is 2.56 bits per heavy atom. The summed E-state index contributed by atoms with van der Waals surface area (Å²) in [5, 5.41) is 3.06. The monoisotopic (exact) mass is 403 g/mol. The molecule has 0 radical (unpaired) electrons. The van der Waals surface area contributed by atoms with E-state index >= 15 is 0 Å². The normalized spacial score (nSPS) is 11.0. The quantitative estimate of drug-likeness (QED) is 0.719. The van der Waals surface area contributed by atoms with E-state index < -0.39 is 16.2 Å². The lowest BCUT2D eigenvalue weighted by molar-refractivity contribution is 0.168. The van der Waals surface area contributed by atoms with Crippen LogP contribution in [-0.4, -0.2) is 21.1 Å². The van der Waals surface area contributed by atoms with Gasteiger partial charge in [-0.2, -0.15) is 8.42 Å². The van der Waals surface area contributed by atoms with Crippen molar-refractivity contribution in [2.45, 2.75) is 12.7 Å². The zero-order chi connectivity index (χ0) is 18.4. The maximum atomic E-state index is 12.2. The molecule has 0 fully saturated rings. The lowest BCUT2D eigenvalue weighted by Gasteiger charge is -2.10. The summed E-state index contributed by atoms with van der Waals surface area (Å²) >= 11 is 11.7. The molecule has 1 amide bonds. The van der Waals surface area contributed by atoms with Gasteiger partial charge in [-0.25, -0.2) is 4.79 Å². The highest BCUT2D eigenvalue weighted by atomic mass is 35.5. The lowest BCUT2D eigenvalue weighted by atomic mass is 10.2. The first-order valence-electron chi connectivity index (χ1n) is 7.19. The molecule has 0 saturated heterocycles. The first-order valence-corrected chi connectivity index (χ1v) is 9.52. The molecule has 0 aliphatic rings. The summed E-state index contributed by atoms with van der Waals surface area (Å²) in [5.74, 6) is -0.311. The van der Waals surface area contributed by atoms with E-state index in [1.54, 1.807) is 25.1 Å². The maximum absolute atomic E-state index is 12.2. The molecule has 2 aromatic rings. The Hall–Kier alpha value is -1.96. The van der Waals surface area contributed by atoms with Crippen LogP contribution in [0, 0.1) is 0 Å². The molecular weight excluding hydrogens is 389 g/mol. The number of rotatable bonds is 6. The van der Waals surface area contributed by atoms with Gasteiger partial charge in [-0.15, -0.1) is 0 Å². The average molecular weight is 404 g/mol. The van der Waals surface area contributed by atoms with Gasteiger partial charge in [0.1, 0.15) is 11.5 Å². The van der Waals surface area contributed by atoms with E-state index in [1.165, 1.54) is 24.3 Å². The molecule has 1 N–H and O–H groups in total. The molecule has 6 nitrogen and oxygen atoms in total. The van der Waals surface area contributed by atoms with Gasteiger partial charge in [0.05, 0.1) is 16.7 Å². The summed E-state index contributed by atoms with van der Waals surface area (Å²) in [4.78, 5) is 11.4. The van der Waals surface area contributed by atoms with Crippen molar-refractivity contribution in [3.8, 4) is 5.75 Å². The second-order valence-electron chi connectivity index (χ2n) is 4.91. The van der Waals surface area contributed by atoms with E-state index in [0.29, 0.717) is 16.3 Å². The Labute approximate surface area is 155 Å². The summed E-state index contributed by atoms with van der Waals surface area (Å²) in [6.07, 6.45) is -0.640. The predicted octanol–water partition coefficient (Wildman–Crippen LogP) is 4.47. The van der Waals surface area contributed by atoms with Crippen molar-refractivity contribution in [2.75, 3.05) is 11.9 Å². The first kappa shape index (κ1) is 19.4. The Kier molecular flexibility index (Phi) is 6.52. The summed E-state index contributed by atoms with van der Waals surface area (Å²) in [7, 11) is -3.92. The van der Waals surface area contributed by atoms with Gasteiger partial charge < -0.3 is 8.92 Å². The number of halogens is 2. The van der Waals surface area contributed by atoms with E-state index in [4.69, 9.17) is 32.1 Å². The zero-order valence-corrected chi connectivity index (χ0v) is 15.5. The molecule has 2 rings (SSSR count). The number of amides is 1. The summed E-state index contributed by atoms with van der Waals surface area (Å²) in [5.41, 5.74) is 0.788. The van der Waals surface area contributed by atoms with E-state index in [2.05, 4.69) is 5.32 Å². The van der Waals surface area contributed by atoms with E-state index in [9.17, 15) is 13.2 Å². The van der Waals surface area contributed by atoms with Gasteiger partial charge in [0.2, 0.25) is 0 Å². The molecule has 0 unspecified atom stereocenters. The minimum Gasteiger partial charge on any atom is -0.450 e. The van der Waals surface area contributed by atoms with Crippen LogP contribution in [0.15, 0.2) is 42.5 Å². The number of carbonyl (C=O) groups excluding carboxylic acids is 1. The molecule has 9 heteroatoms. The molecule has 134 valence electrons. The van der Waals surface area contributed by atoms with Crippen LogP contribution in [-0.2, 0) is 20.6 Å². The topological polar surface area (TPSA) is 81.7 Å². The SMILES string of the molecule is CCOC(=O)Nc1cccc(OS(=O)(=O)Cc2ccc(Cl)c(Cl)c2)c1. The largest absolute Gasteiger partial charge is 0.450 e. The van der Waals surface area contributed by atoms with E-state index in [-0.39, 0.29) is 23.1 Å². The van der Waals surface area contributed by atoms with Crippen LogP contribution in [0.3, 0.4) is 0 Å². The molecule has 0 aliphatic heterocycles. The summed E-state index contributed by atoms with van der Waals surface area (Å²) < 4.78 is 34.2. The number of benzene rings is 2. The Balaban J connectivity index is 2.09. The molecule has 0 spiro atoms. The molecular formula is C16H15Cl2NO5S. The smallest absolute Gasteiger partial charge is 0.411 e. The number of hydrogen-bond acceptors (Lipinski definition) is 5. The van der Waals surface area contributed by atoms with Crippen molar-refractivity contribution in [3.05, 3.63) is 58.1 Å². The molecule has 25 heavy (non-hydrogen) atoms. The third-order valence-electron chi connectivity index (χ3n) is 2.91. The summed E-state index contributed by atoms with van der Waals surface area (Å²) in [6.45, 7) is 1.90. The fourth-order valence-corrected chi connectivity index (χ4v) is 3.28. The van der Waals surface area contributed by atoms with Crippen LogP contribution in [0.4, 0.5) is 10.5 Å². The number of ether oxygens (including phenoxy) is 1. The molecule has 2 aromatic carbocycles. The van der Waals surface area contributed by atoms with Crippen molar-refractivity contribution in [1.29, 1.82) is 0 Å². The van der Waals surface area contributed by atoms with Gasteiger partial charge in [-0.3, -0.25) is 5.32 Å². The van der Waals surface area contributed by atoms with Crippen molar-refractivity contribution >= 4 is 45.1 Å². The predicted molar refractivity (Wildman–Crippen MR) is 96.8 cm³/mol. The average Bonchev–Trinajstić information content (AvgIpc) is 2.50. The van der Waals surface area contributed by atoms with Crippen molar-refractivity contribution in [2.24, 2.45) is 0 Å². The number of nitrogens with one attached hydrogen (secondary N) is 1. The van der Waals surface area contributed by atoms with Crippen LogP contribution >= 0.6 is 23.2 Å². The van der Waals surface area contributed by atoms with Gasteiger partial charge in [0.25, 0.3) is 0 Å². The summed E-state index contributed by atoms with van der Waals surface area (Å²) in [6, 6.07) is 10.5. The van der Waals surface area contributed by atoms with Gasteiger partial charge in [0.15, 0.2) is 0 Å². The maximum Gasteiger partial charge on any atom is 0.411 e. The van der Waals surface area contributed by atoms with E-state index in [1.807, 2.05) is 0 Å². The Bertz CT molecular complexity index is 871. The van der Waals surface area contributed by atoms with Gasteiger partial charge in [0, 0.05) is 11.8 Å². The van der Waals surface area contributed by atoms with Crippen LogP contribution < -0.4 is 9.50 Å². The van der Waals surface area contributed by atoms with Crippen LogP contribution in [0.25, 0.3) is 0 Å². The Morgan fingerprint density at radius 1 is 1.12 bits per heavy atom. The number of hydrogen-bond donors (Lipinski definition) is 1. The molecule has 0 aromatic heterocycles. The fraction of sp³-hybridized carbons (Fsp3) is 0.188. The molecule has 0 bridgehead atoms. The second kappa shape index (κ2) is 8.42. The standard InChI is InChI=1S/C16H15Cl2NO5S/c1-2-23-16(20)19-12-4-3-5-13(9-12)24-25(21,22)10-11-6-7-14(17)15(18)8-11/h3-9H,2,10H2,1H3,(H,19,20). The lowest BCUT2D eigenvalue weighted by Crippen LogP contribution is -2.14. The highest BCUT2D eigenvalue weighted by molar-refractivity contribution is 7.86. The third-order valence-corrected chi connectivity index (χ3v) is 4.78.